The molecule has 160 valence electrons. The molecule has 2 aliphatic rings. The summed E-state index contributed by atoms with van der Waals surface area (Å²) in [6.07, 6.45) is 5.67. The zero-order valence-corrected chi connectivity index (χ0v) is 18.1. The Balaban J connectivity index is 1.36. The predicted molar refractivity (Wildman–Crippen MR) is 117 cm³/mol. The Labute approximate surface area is 175 Å². The number of amides is 1. The SMILES string of the molecule is CN=C(NCCc1ccc(OCC(=O)NC2CC2)cc1)N1CCC(CC(C)C)C1. The highest BCUT2D eigenvalue weighted by atomic mass is 16.5. The van der Waals surface area contributed by atoms with Crippen LogP contribution in [0.25, 0.3) is 0 Å². The van der Waals surface area contributed by atoms with Gasteiger partial charge in [-0.2, -0.15) is 0 Å². The van der Waals surface area contributed by atoms with Crippen molar-refractivity contribution in [3.63, 3.8) is 0 Å². The van der Waals surface area contributed by atoms with Crippen LogP contribution in [0.15, 0.2) is 29.3 Å². The molecule has 1 aromatic carbocycles. The third-order valence-corrected chi connectivity index (χ3v) is 5.53. The molecule has 6 heteroatoms. The Kier molecular flexibility index (Phi) is 7.78. The fourth-order valence-corrected chi connectivity index (χ4v) is 3.93. The zero-order valence-electron chi connectivity index (χ0n) is 18.1. The van der Waals surface area contributed by atoms with Gasteiger partial charge in [0.1, 0.15) is 5.75 Å². The van der Waals surface area contributed by atoms with Crippen LogP contribution >= 0.6 is 0 Å². The first-order chi connectivity index (χ1) is 14.0. The molecule has 0 aromatic heterocycles. The molecule has 1 atom stereocenters. The molecule has 0 spiro atoms. The molecule has 1 aliphatic carbocycles. The van der Waals surface area contributed by atoms with Gasteiger partial charge >= 0.3 is 0 Å². The summed E-state index contributed by atoms with van der Waals surface area (Å²) in [6.45, 7) is 7.74. The lowest BCUT2D eigenvalue weighted by molar-refractivity contribution is -0.123. The van der Waals surface area contributed by atoms with Gasteiger partial charge in [0.25, 0.3) is 5.91 Å². The van der Waals surface area contributed by atoms with E-state index in [2.05, 4.69) is 46.5 Å². The maximum absolute atomic E-state index is 11.7. The van der Waals surface area contributed by atoms with E-state index >= 15 is 0 Å². The summed E-state index contributed by atoms with van der Waals surface area (Å²) in [7, 11) is 1.86. The average Bonchev–Trinajstić information content (AvgIpc) is 3.40. The lowest BCUT2D eigenvalue weighted by Gasteiger charge is -2.22. The number of carbonyl (C=O) groups excluding carboxylic acids is 1. The fraction of sp³-hybridized carbons (Fsp3) is 0.652. The van der Waals surface area contributed by atoms with Crippen LogP contribution < -0.4 is 15.4 Å². The standard InChI is InChI=1S/C23H36N4O2/c1-17(2)14-19-11-13-27(15-19)23(24-3)25-12-10-18-4-8-21(9-5-18)29-16-22(28)26-20-6-7-20/h4-5,8-9,17,19-20H,6-7,10-16H2,1-3H3,(H,24,25)(H,26,28). The largest absolute Gasteiger partial charge is 0.484 e. The van der Waals surface area contributed by atoms with Crippen molar-refractivity contribution < 1.29 is 9.53 Å². The van der Waals surface area contributed by atoms with E-state index in [-0.39, 0.29) is 12.5 Å². The molecular formula is C23H36N4O2. The van der Waals surface area contributed by atoms with Crippen LogP contribution in [-0.4, -0.2) is 56.1 Å². The van der Waals surface area contributed by atoms with E-state index in [1.165, 1.54) is 18.4 Å². The summed E-state index contributed by atoms with van der Waals surface area (Å²) in [5.41, 5.74) is 1.24. The number of ether oxygens (including phenoxy) is 1. The number of hydrogen-bond donors (Lipinski definition) is 2. The van der Waals surface area contributed by atoms with Gasteiger partial charge in [-0.05, 0) is 61.6 Å². The third-order valence-electron chi connectivity index (χ3n) is 5.53. The average molecular weight is 401 g/mol. The second-order valence-corrected chi connectivity index (χ2v) is 8.73. The molecule has 0 radical (unpaired) electrons. The molecule has 6 nitrogen and oxygen atoms in total. The van der Waals surface area contributed by atoms with E-state index < -0.39 is 0 Å². The topological polar surface area (TPSA) is 66.0 Å². The van der Waals surface area contributed by atoms with Crippen LogP contribution in [0.3, 0.4) is 0 Å². The molecule has 2 fully saturated rings. The quantitative estimate of drug-likeness (QED) is 0.494. The molecule has 1 aromatic rings. The fourth-order valence-electron chi connectivity index (χ4n) is 3.93. The van der Waals surface area contributed by atoms with E-state index in [4.69, 9.17) is 4.74 Å². The van der Waals surface area contributed by atoms with E-state index in [9.17, 15) is 4.79 Å². The highest BCUT2D eigenvalue weighted by molar-refractivity contribution is 5.80. The van der Waals surface area contributed by atoms with Gasteiger partial charge in [0.2, 0.25) is 0 Å². The van der Waals surface area contributed by atoms with Crippen molar-refractivity contribution in [3.8, 4) is 5.75 Å². The van der Waals surface area contributed by atoms with Gasteiger partial charge in [0, 0.05) is 32.7 Å². The van der Waals surface area contributed by atoms with Crippen LogP contribution in [0.5, 0.6) is 5.75 Å². The summed E-state index contributed by atoms with van der Waals surface area (Å²) in [4.78, 5) is 18.5. The van der Waals surface area contributed by atoms with Crippen molar-refractivity contribution in [2.45, 2.75) is 52.0 Å². The maximum atomic E-state index is 11.7. The molecule has 1 heterocycles. The highest BCUT2D eigenvalue weighted by Crippen LogP contribution is 2.23. The van der Waals surface area contributed by atoms with Gasteiger partial charge in [0.05, 0.1) is 0 Å². The number of hydrogen-bond acceptors (Lipinski definition) is 3. The summed E-state index contributed by atoms with van der Waals surface area (Å²) in [6, 6.07) is 8.37. The molecule has 2 N–H and O–H groups in total. The summed E-state index contributed by atoms with van der Waals surface area (Å²) in [5.74, 6) is 3.25. The van der Waals surface area contributed by atoms with Crippen LogP contribution in [-0.2, 0) is 11.2 Å². The summed E-state index contributed by atoms with van der Waals surface area (Å²) in [5, 5.41) is 6.43. The van der Waals surface area contributed by atoms with E-state index in [0.29, 0.717) is 6.04 Å². The molecule has 1 unspecified atom stereocenters. The molecule has 1 saturated heterocycles. The summed E-state index contributed by atoms with van der Waals surface area (Å²) >= 11 is 0. The second kappa shape index (κ2) is 10.5. The number of benzene rings is 1. The van der Waals surface area contributed by atoms with Crippen molar-refractivity contribution in [2.24, 2.45) is 16.8 Å². The number of likely N-dealkylation sites (tertiary alicyclic amines) is 1. The molecule has 1 amide bonds. The highest BCUT2D eigenvalue weighted by Gasteiger charge is 2.25. The number of nitrogens with zero attached hydrogens (tertiary/aromatic N) is 2. The van der Waals surface area contributed by atoms with Gasteiger partial charge < -0.3 is 20.3 Å². The minimum atomic E-state index is -0.0373. The van der Waals surface area contributed by atoms with E-state index in [0.717, 1.165) is 62.4 Å². The Hall–Kier alpha value is -2.24. The van der Waals surface area contributed by atoms with Gasteiger partial charge in [-0.25, -0.2) is 0 Å². The molecule has 1 saturated carbocycles. The van der Waals surface area contributed by atoms with Crippen LogP contribution in [0.1, 0.15) is 45.1 Å². The van der Waals surface area contributed by atoms with Crippen molar-refractivity contribution in [3.05, 3.63) is 29.8 Å². The predicted octanol–water partition coefficient (Wildman–Crippen LogP) is 2.83. The minimum absolute atomic E-state index is 0.0373. The number of carbonyl (C=O) groups is 1. The lowest BCUT2D eigenvalue weighted by Crippen LogP contribution is -2.40. The van der Waals surface area contributed by atoms with Crippen molar-refractivity contribution in [1.82, 2.24) is 15.5 Å². The second-order valence-electron chi connectivity index (χ2n) is 8.73. The Bertz CT molecular complexity index is 683. The molecule has 1 aliphatic heterocycles. The number of aliphatic imine (C=N–C) groups is 1. The van der Waals surface area contributed by atoms with Crippen molar-refractivity contribution in [1.29, 1.82) is 0 Å². The van der Waals surface area contributed by atoms with E-state index in [1.807, 2.05) is 19.2 Å². The first-order valence-corrected chi connectivity index (χ1v) is 11.0. The first-order valence-electron chi connectivity index (χ1n) is 11.0. The van der Waals surface area contributed by atoms with Crippen LogP contribution in [0.4, 0.5) is 0 Å². The molecule has 29 heavy (non-hydrogen) atoms. The van der Waals surface area contributed by atoms with Gasteiger partial charge in [-0.1, -0.05) is 26.0 Å². The zero-order chi connectivity index (χ0) is 20.6. The molecule has 3 rings (SSSR count). The van der Waals surface area contributed by atoms with E-state index in [1.54, 1.807) is 0 Å². The monoisotopic (exact) mass is 400 g/mol. The maximum Gasteiger partial charge on any atom is 0.258 e. The molecular weight excluding hydrogens is 364 g/mol. The Morgan fingerprint density at radius 2 is 2.00 bits per heavy atom. The number of rotatable bonds is 9. The summed E-state index contributed by atoms with van der Waals surface area (Å²) < 4.78 is 5.56. The van der Waals surface area contributed by atoms with Gasteiger partial charge in [-0.3, -0.25) is 9.79 Å². The Morgan fingerprint density at radius 3 is 2.66 bits per heavy atom. The molecule has 0 bridgehead atoms. The number of guanidine groups is 1. The first kappa shape index (κ1) is 21.5. The Morgan fingerprint density at radius 1 is 1.24 bits per heavy atom. The number of nitrogens with one attached hydrogen (secondary N) is 2. The third kappa shape index (κ3) is 7.26. The minimum Gasteiger partial charge on any atom is -0.484 e. The van der Waals surface area contributed by atoms with Gasteiger partial charge in [0.15, 0.2) is 12.6 Å². The van der Waals surface area contributed by atoms with Crippen LogP contribution in [0, 0.1) is 11.8 Å². The van der Waals surface area contributed by atoms with Crippen molar-refractivity contribution in [2.75, 3.05) is 33.3 Å². The smallest absolute Gasteiger partial charge is 0.258 e. The van der Waals surface area contributed by atoms with Gasteiger partial charge in [-0.15, -0.1) is 0 Å². The lowest BCUT2D eigenvalue weighted by atomic mass is 9.97. The van der Waals surface area contributed by atoms with Crippen LogP contribution in [0.2, 0.25) is 0 Å². The van der Waals surface area contributed by atoms with Crippen molar-refractivity contribution >= 4 is 11.9 Å². The normalized spacial score (nSPS) is 19.5.